The summed E-state index contributed by atoms with van der Waals surface area (Å²) in [4.78, 5) is 23.5. The van der Waals surface area contributed by atoms with Crippen molar-refractivity contribution in [3.8, 4) is 0 Å². The molecular formula is C13H13F2NO3. The van der Waals surface area contributed by atoms with Gasteiger partial charge in [-0.05, 0) is 6.07 Å². The van der Waals surface area contributed by atoms with Crippen molar-refractivity contribution in [3.63, 3.8) is 0 Å². The van der Waals surface area contributed by atoms with Gasteiger partial charge in [-0.15, -0.1) is 0 Å². The topological polar surface area (TPSA) is 46.6 Å². The summed E-state index contributed by atoms with van der Waals surface area (Å²) in [5.41, 5.74) is -2.44. The third kappa shape index (κ3) is 1.97. The molecule has 1 aromatic carbocycles. The first-order valence-corrected chi connectivity index (χ1v) is 5.71. The van der Waals surface area contributed by atoms with E-state index in [0.29, 0.717) is 0 Å². The highest BCUT2D eigenvalue weighted by atomic mass is 19.2. The van der Waals surface area contributed by atoms with Gasteiger partial charge in [0.15, 0.2) is 5.67 Å². The highest BCUT2D eigenvalue weighted by molar-refractivity contribution is 5.95. The van der Waals surface area contributed by atoms with E-state index in [1.165, 1.54) is 18.2 Å². The van der Waals surface area contributed by atoms with Crippen molar-refractivity contribution in [3.05, 3.63) is 29.8 Å². The van der Waals surface area contributed by atoms with Crippen LogP contribution in [0.1, 0.15) is 18.9 Å². The molecule has 1 aliphatic heterocycles. The maximum absolute atomic E-state index is 14.9. The number of nitrogens with zero attached hydrogens (tertiary/aromatic N) is 1. The lowest BCUT2D eigenvalue weighted by molar-refractivity contribution is -0.146. The molecule has 0 bridgehead atoms. The molecule has 0 aliphatic carbocycles. The van der Waals surface area contributed by atoms with Crippen molar-refractivity contribution < 1.29 is 23.1 Å². The molecule has 1 aliphatic rings. The van der Waals surface area contributed by atoms with Gasteiger partial charge in [-0.2, -0.15) is 0 Å². The summed E-state index contributed by atoms with van der Waals surface area (Å²) in [7, 11) is 1.10. The van der Waals surface area contributed by atoms with Crippen LogP contribution in [0, 0.1) is 0 Å². The number of para-hydroxylation sites is 1. The first-order valence-electron chi connectivity index (χ1n) is 5.71. The Labute approximate surface area is 109 Å². The minimum absolute atomic E-state index is 0.0110. The Kier molecular flexibility index (Phi) is 3.26. The zero-order valence-corrected chi connectivity index (χ0v) is 10.5. The van der Waals surface area contributed by atoms with Gasteiger partial charge in [0.25, 0.3) is 0 Å². The Morgan fingerprint density at radius 1 is 1.42 bits per heavy atom. The largest absolute Gasteiger partial charge is 0.469 e. The van der Waals surface area contributed by atoms with E-state index in [4.69, 9.17) is 0 Å². The first kappa shape index (κ1) is 13.5. The Morgan fingerprint density at radius 2 is 2.05 bits per heavy atom. The van der Waals surface area contributed by atoms with Gasteiger partial charge >= 0.3 is 5.97 Å². The smallest absolute Gasteiger partial charge is 0.309 e. The van der Waals surface area contributed by atoms with E-state index in [2.05, 4.69) is 4.74 Å². The standard InChI is InChI=1S/C13H13F2NO3/c1-8(17)16-10-6-4-3-5-9(10)13(15,12(16)14)7-11(18)19-2/h3-6,12H,7H2,1-2H3. The van der Waals surface area contributed by atoms with Crippen LogP contribution in [0.5, 0.6) is 0 Å². The van der Waals surface area contributed by atoms with Crippen LogP contribution >= 0.6 is 0 Å². The molecule has 0 spiro atoms. The lowest BCUT2D eigenvalue weighted by atomic mass is 9.93. The van der Waals surface area contributed by atoms with Crippen LogP contribution in [0.2, 0.25) is 0 Å². The van der Waals surface area contributed by atoms with Crippen LogP contribution in [0.4, 0.5) is 14.5 Å². The van der Waals surface area contributed by atoms with Crippen molar-refractivity contribution >= 4 is 17.6 Å². The minimum atomic E-state index is -2.57. The quantitative estimate of drug-likeness (QED) is 0.610. The average Bonchev–Trinajstić information content (AvgIpc) is 2.59. The zero-order valence-electron chi connectivity index (χ0n) is 10.5. The molecule has 2 unspecified atom stereocenters. The van der Waals surface area contributed by atoms with Crippen molar-refractivity contribution in [2.24, 2.45) is 0 Å². The number of halogens is 2. The third-order valence-corrected chi connectivity index (χ3v) is 3.18. The summed E-state index contributed by atoms with van der Waals surface area (Å²) >= 11 is 0. The highest BCUT2D eigenvalue weighted by Gasteiger charge is 2.55. The number of alkyl halides is 2. The molecule has 2 rings (SSSR count). The van der Waals surface area contributed by atoms with E-state index in [9.17, 15) is 18.4 Å². The molecular weight excluding hydrogens is 256 g/mol. The Balaban J connectivity index is 2.51. The number of hydrogen-bond donors (Lipinski definition) is 0. The van der Waals surface area contributed by atoms with E-state index in [1.807, 2.05) is 0 Å². The third-order valence-electron chi connectivity index (χ3n) is 3.18. The molecule has 0 saturated heterocycles. The van der Waals surface area contributed by atoms with Crippen LogP contribution in [0.15, 0.2) is 24.3 Å². The number of carbonyl (C=O) groups is 2. The number of anilines is 1. The van der Waals surface area contributed by atoms with Crippen molar-refractivity contribution in [2.45, 2.75) is 25.3 Å². The molecule has 2 atom stereocenters. The molecule has 6 heteroatoms. The van der Waals surface area contributed by atoms with Crippen LogP contribution < -0.4 is 4.90 Å². The second kappa shape index (κ2) is 4.60. The van der Waals surface area contributed by atoms with Crippen LogP contribution in [-0.2, 0) is 20.0 Å². The van der Waals surface area contributed by atoms with Gasteiger partial charge in [-0.1, -0.05) is 18.2 Å². The number of benzene rings is 1. The maximum Gasteiger partial charge on any atom is 0.309 e. The summed E-state index contributed by atoms with van der Waals surface area (Å²) in [6, 6.07) is 5.92. The predicted molar refractivity (Wildman–Crippen MR) is 63.9 cm³/mol. The van der Waals surface area contributed by atoms with Crippen molar-refractivity contribution in [1.29, 1.82) is 0 Å². The number of methoxy groups -OCH3 is 1. The van der Waals surface area contributed by atoms with Crippen LogP contribution in [-0.4, -0.2) is 25.3 Å². The number of carbonyl (C=O) groups excluding carboxylic acids is 2. The summed E-state index contributed by atoms with van der Waals surface area (Å²) in [6.07, 6.45) is -3.01. The lowest BCUT2D eigenvalue weighted by Gasteiger charge is -2.24. The molecule has 0 saturated carbocycles. The SMILES string of the molecule is COC(=O)CC1(F)c2ccccc2N(C(C)=O)C1F. The van der Waals surface area contributed by atoms with Gasteiger partial charge in [0.1, 0.15) is 0 Å². The fourth-order valence-electron chi connectivity index (χ4n) is 2.28. The Bertz CT molecular complexity index is 534. The number of amides is 1. The Hall–Kier alpha value is -1.98. The highest BCUT2D eigenvalue weighted by Crippen LogP contribution is 2.49. The van der Waals surface area contributed by atoms with Crippen molar-refractivity contribution in [2.75, 3.05) is 12.0 Å². The molecule has 1 amide bonds. The molecule has 0 fully saturated rings. The second-order valence-electron chi connectivity index (χ2n) is 4.36. The fourth-order valence-corrected chi connectivity index (χ4v) is 2.28. The average molecular weight is 269 g/mol. The number of rotatable bonds is 2. The van der Waals surface area contributed by atoms with Gasteiger partial charge < -0.3 is 4.74 Å². The van der Waals surface area contributed by atoms with Crippen molar-refractivity contribution in [1.82, 2.24) is 0 Å². The summed E-state index contributed by atoms with van der Waals surface area (Å²) in [5, 5.41) is 0. The molecule has 0 aromatic heterocycles. The van der Waals surface area contributed by atoms with Crippen LogP contribution in [0.3, 0.4) is 0 Å². The maximum atomic E-state index is 14.9. The molecule has 0 N–H and O–H groups in total. The summed E-state index contributed by atoms with van der Waals surface area (Å²) < 4.78 is 33.6. The molecule has 0 radical (unpaired) electrons. The van der Waals surface area contributed by atoms with E-state index in [-0.39, 0.29) is 11.3 Å². The van der Waals surface area contributed by atoms with E-state index >= 15 is 0 Å². The van der Waals surface area contributed by atoms with Gasteiger partial charge in [0.2, 0.25) is 12.2 Å². The number of ether oxygens (including phenoxy) is 1. The normalized spacial score (nSPS) is 25.1. The molecule has 102 valence electrons. The number of hydrogen-bond acceptors (Lipinski definition) is 3. The molecule has 1 aromatic rings. The predicted octanol–water partition coefficient (Wildman–Crippen LogP) is 2.08. The summed E-state index contributed by atoms with van der Waals surface area (Å²) in [6.45, 7) is 1.15. The molecule has 4 nitrogen and oxygen atoms in total. The molecule has 19 heavy (non-hydrogen) atoms. The van der Waals surface area contributed by atoms with Gasteiger partial charge in [-0.3, -0.25) is 14.5 Å². The second-order valence-corrected chi connectivity index (χ2v) is 4.36. The minimum Gasteiger partial charge on any atom is -0.469 e. The lowest BCUT2D eigenvalue weighted by Crippen LogP contribution is -2.42. The van der Waals surface area contributed by atoms with E-state index < -0.39 is 30.3 Å². The van der Waals surface area contributed by atoms with E-state index in [1.54, 1.807) is 6.07 Å². The fraction of sp³-hybridized carbons (Fsp3) is 0.385. The van der Waals surface area contributed by atoms with Crippen LogP contribution in [0.25, 0.3) is 0 Å². The zero-order chi connectivity index (χ0) is 14.2. The van der Waals surface area contributed by atoms with Gasteiger partial charge in [0, 0.05) is 12.5 Å². The monoisotopic (exact) mass is 269 g/mol. The molecule has 1 heterocycles. The number of esters is 1. The first-order chi connectivity index (χ1) is 8.91. The number of fused-ring (bicyclic) bond motifs is 1. The van der Waals surface area contributed by atoms with Gasteiger partial charge in [-0.25, -0.2) is 8.78 Å². The summed E-state index contributed by atoms with van der Waals surface area (Å²) in [5.74, 6) is -1.49. The van der Waals surface area contributed by atoms with E-state index in [0.717, 1.165) is 18.9 Å². The Morgan fingerprint density at radius 3 is 2.63 bits per heavy atom. The van der Waals surface area contributed by atoms with Gasteiger partial charge in [0.05, 0.1) is 19.2 Å².